The maximum atomic E-state index is 6.12. The molecule has 3 N–H and O–H groups in total. The van der Waals surface area contributed by atoms with Crippen LogP contribution in [-0.4, -0.2) is 9.97 Å². The van der Waals surface area contributed by atoms with Gasteiger partial charge in [-0.05, 0) is 42.0 Å². The van der Waals surface area contributed by atoms with Gasteiger partial charge in [0.2, 0.25) is 0 Å². The number of pyridine rings is 1. The van der Waals surface area contributed by atoms with E-state index in [2.05, 4.69) is 33.0 Å². The van der Waals surface area contributed by atoms with Crippen molar-refractivity contribution in [3.63, 3.8) is 0 Å². The fourth-order valence-electron chi connectivity index (χ4n) is 2.89. The van der Waals surface area contributed by atoms with Gasteiger partial charge in [-0.25, -0.2) is 4.98 Å². The van der Waals surface area contributed by atoms with Crippen LogP contribution in [0.4, 0.5) is 0 Å². The molecule has 0 atom stereocenters. The van der Waals surface area contributed by atoms with E-state index in [9.17, 15) is 0 Å². The Morgan fingerprint density at radius 1 is 1.09 bits per heavy atom. The van der Waals surface area contributed by atoms with Gasteiger partial charge in [0.05, 0.1) is 11.2 Å². The van der Waals surface area contributed by atoms with Crippen LogP contribution in [0.3, 0.4) is 0 Å². The van der Waals surface area contributed by atoms with Gasteiger partial charge in [-0.15, -0.1) is 0 Å². The number of nitrogens with zero attached hydrogens (tertiary/aromatic N) is 1. The molecule has 0 radical (unpaired) electrons. The predicted molar refractivity (Wildman–Crippen MR) is 99.6 cm³/mol. The molecular weight excluding hydrogens is 374 g/mol. The molecule has 2 heterocycles. The number of hydrogen-bond acceptors (Lipinski definition) is 2. The van der Waals surface area contributed by atoms with Crippen LogP contribution in [0.25, 0.3) is 33.1 Å². The van der Waals surface area contributed by atoms with Gasteiger partial charge in [0.25, 0.3) is 0 Å². The lowest BCUT2D eigenvalue weighted by atomic mass is 10.0. The summed E-state index contributed by atoms with van der Waals surface area (Å²) in [5, 5.41) is 2.84. The Labute approximate surface area is 146 Å². The summed E-state index contributed by atoms with van der Waals surface area (Å²) in [4.78, 5) is 8.08. The Bertz CT molecular complexity index is 1040. The summed E-state index contributed by atoms with van der Waals surface area (Å²) < 4.78 is 1.04. The molecule has 0 aliphatic heterocycles. The number of nitrogens with two attached hydrogens (primary N) is 1. The molecular formula is C18H13BrClN3. The minimum atomic E-state index is 0.458. The smallest absolute Gasteiger partial charge is 0.0734 e. The van der Waals surface area contributed by atoms with Crippen molar-refractivity contribution in [2.24, 2.45) is 5.73 Å². The summed E-state index contributed by atoms with van der Waals surface area (Å²) in [6.45, 7) is 0.458. The van der Waals surface area contributed by atoms with E-state index in [1.54, 1.807) is 0 Å². The normalized spacial score (nSPS) is 11.4. The highest BCUT2D eigenvalue weighted by atomic mass is 79.9. The first-order chi connectivity index (χ1) is 11.2. The summed E-state index contributed by atoms with van der Waals surface area (Å²) in [5.41, 5.74) is 10.9. The first-order valence-corrected chi connectivity index (χ1v) is 8.39. The highest BCUT2D eigenvalue weighted by Crippen LogP contribution is 2.32. The zero-order valence-electron chi connectivity index (χ0n) is 12.1. The Balaban J connectivity index is 2.02. The molecule has 0 amide bonds. The second-order valence-corrected chi connectivity index (χ2v) is 6.78. The van der Waals surface area contributed by atoms with Crippen LogP contribution in [0.15, 0.2) is 53.1 Å². The van der Waals surface area contributed by atoms with E-state index in [0.29, 0.717) is 11.6 Å². The molecule has 4 rings (SSSR count). The maximum absolute atomic E-state index is 6.12. The van der Waals surface area contributed by atoms with E-state index in [-0.39, 0.29) is 0 Å². The van der Waals surface area contributed by atoms with Gasteiger partial charge in [-0.1, -0.05) is 33.6 Å². The van der Waals surface area contributed by atoms with Crippen molar-refractivity contribution in [2.45, 2.75) is 6.54 Å². The number of fused-ring (bicyclic) bond motifs is 2. The largest absolute Gasteiger partial charge is 0.360 e. The number of H-pyrrole nitrogens is 1. The third-order valence-corrected chi connectivity index (χ3v) is 4.73. The number of benzene rings is 2. The van der Waals surface area contributed by atoms with Crippen molar-refractivity contribution in [2.75, 3.05) is 0 Å². The van der Waals surface area contributed by atoms with Gasteiger partial charge < -0.3 is 10.7 Å². The first-order valence-electron chi connectivity index (χ1n) is 7.22. The summed E-state index contributed by atoms with van der Waals surface area (Å²) >= 11 is 9.65. The summed E-state index contributed by atoms with van der Waals surface area (Å²) in [7, 11) is 0. The highest BCUT2D eigenvalue weighted by Gasteiger charge is 2.11. The van der Waals surface area contributed by atoms with E-state index in [1.165, 1.54) is 0 Å². The van der Waals surface area contributed by atoms with Gasteiger partial charge in [-0.2, -0.15) is 0 Å². The number of rotatable bonds is 2. The van der Waals surface area contributed by atoms with Crippen LogP contribution in [0.2, 0.25) is 5.02 Å². The average Bonchev–Trinajstić information content (AvgIpc) is 2.96. The molecule has 0 aliphatic carbocycles. The quantitative estimate of drug-likeness (QED) is 0.494. The molecule has 5 heteroatoms. The van der Waals surface area contributed by atoms with Crippen molar-refractivity contribution in [3.05, 3.63) is 63.7 Å². The number of nitrogens with one attached hydrogen (secondary N) is 1. The van der Waals surface area contributed by atoms with Crippen molar-refractivity contribution in [3.8, 4) is 11.3 Å². The molecule has 114 valence electrons. The highest BCUT2D eigenvalue weighted by molar-refractivity contribution is 9.10. The SMILES string of the molecule is NCc1cc(-c2c[nH]c3ccc(Br)cc23)nc2cc(Cl)ccc12. The summed E-state index contributed by atoms with van der Waals surface area (Å²) in [6, 6.07) is 13.9. The Hall–Kier alpha value is -1.88. The van der Waals surface area contributed by atoms with Crippen LogP contribution in [0.1, 0.15) is 5.56 Å². The standard InChI is InChI=1S/C18H13BrClN3/c19-11-1-4-16-14(6-11)15(9-22-16)17-5-10(8-21)13-3-2-12(20)7-18(13)23-17/h1-7,9,22H,8,21H2. The lowest BCUT2D eigenvalue weighted by molar-refractivity contribution is 1.08. The van der Waals surface area contributed by atoms with Crippen LogP contribution in [-0.2, 0) is 6.54 Å². The third kappa shape index (κ3) is 2.53. The van der Waals surface area contributed by atoms with E-state index in [1.807, 2.05) is 36.5 Å². The van der Waals surface area contributed by atoms with Crippen molar-refractivity contribution in [1.82, 2.24) is 9.97 Å². The minimum Gasteiger partial charge on any atom is -0.360 e. The molecule has 0 bridgehead atoms. The maximum Gasteiger partial charge on any atom is 0.0734 e. The Morgan fingerprint density at radius 2 is 1.96 bits per heavy atom. The van der Waals surface area contributed by atoms with E-state index in [0.717, 1.165) is 43.1 Å². The van der Waals surface area contributed by atoms with Crippen LogP contribution in [0.5, 0.6) is 0 Å². The molecule has 0 saturated carbocycles. The molecule has 3 nitrogen and oxygen atoms in total. The fourth-order valence-corrected chi connectivity index (χ4v) is 3.41. The minimum absolute atomic E-state index is 0.458. The van der Waals surface area contributed by atoms with Crippen LogP contribution < -0.4 is 5.73 Å². The molecule has 2 aromatic carbocycles. The molecule has 2 aromatic heterocycles. The average molecular weight is 387 g/mol. The van der Waals surface area contributed by atoms with Crippen molar-refractivity contribution in [1.29, 1.82) is 0 Å². The Kier molecular flexibility index (Phi) is 3.60. The number of aromatic amines is 1. The topological polar surface area (TPSA) is 54.7 Å². The van der Waals surface area contributed by atoms with E-state index >= 15 is 0 Å². The van der Waals surface area contributed by atoms with Crippen molar-refractivity contribution >= 4 is 49.3 Å². The van der Waals surface area contributed by atoms with Gasteiger partial charge >= 0.3 is 0 Å². The van der Waals surface area contributed by atoms with Gasteiger partial charge in [-0.3, -0.25) is 0 Å². The van der Waals surface area contributed by atoms with Crippen LogP contribution >= 0.6 is 27.5 Å². The zero-order chi connectivity index (χ0) is 16.0. The van der Waals surface area contributed by atoms with E-state index < -0.39 is 0 Å². The van der Waals surface area contributed by atoms with Crippen molar-refractivity contribution < 1.29 is 0 Å². The summed E-state index contributed by atoms with van der Waals surface area (Å²) in [5.74, 6) is 0. The molecule has 0 saturated heterocycles. The fraction of sp³-hybridized carbons (Fsp3) is 0.0556. The molecule has 4 aromatic rings. The molecule has 0 unspecified atom stereocenters. The lowest BCUT2D eigenvalue weighted by Gasteiger charge is -2.08. The number of aromatic nitrogens is 2. The van der Waals surface area contributed by atoms with Gasteiger partial charge in [0, 0.05) is 44.1 Å². The number of halogens is 2. The van der Waals surface area contributed by atoms with Crippen LogP contribution in [0, 0.1) is 0 Å². The van der Waals surface area contributed by atoms with Gasteiger partial charge in [0.1, 0.15) is 0 Å². The number of hydrogen-bond donors (Lipinski definition) is 2. The third-order valence-electron chi connectivity index (χ3n) is 4.00. The summed E-state index contributed by atoms with van der Waals surface area (Å²) in [6.07, 6.45) is 1.98. The zero-order valence-corrected chi connectivity index (χ0v) is 14.4. The lowest BCUT2D eigenvalue weighted by Crippen LogP contribution is -1.99. The molecule has 23 heavy (non-hydrogen) atoms. The second kappa shape index (κ2) is 5.64. The second-order valence-electron chi connectivity index (χ2n) is 5.42. The monoisotopic (exact) mass is 385 g/mol. The first kappa shape index (κ1) is 14.7. The Morgan fingerprint density at radius 3 is 2.78 bits per heavy atom. The predicted octanol–water partition coefficient (Wildman–Crippen LogP) is 5.26. The molecule has 0 fully saturated rings. The van der Waals surface area contributed by atoms with Gasteiger partial charge in [0.15, 0.2) is 0 Å². The van der Waals surface area contributed by atoms with E-state index in [4.69, 9.17) is 22.3 Å². The molecule has 0 spiro atoms. The molecule has 0 aliphatic rings.